The summed E-state index contributed by atoms with van der Waals surface area (Å²) >= 11 is 0. The fraction of sp³-hybridized carbons (Fsp3) is 0.560. The molecule has 1 saturated heterocycles. The van der Waals surface area contributed by atoms with Gasteiger partial charge in [-0.05, 0) is 32.9 Å². The molecule has 1 atom stereocenters. The third-order valence-corrected chi connectivity index (χ3v) is 6.38. The van der Waals surface area contributed by atoms with E-state index in [4.69, 9.17) is 19.4 Å². The number of halogens is 2. The second kappa shape index (κ2) is 10.7. The van der Waals surface area contributed by atoms with Crippen LogP contribution in [0.4, 0.5) is 20.4 Å². The van der Waals surface area contributed by atoms with Crippen molar-refractivity contribution in [2.45, 2.75) is 58.2 Å². The van der Waals surface area contributed by atoms with Crippen molar-refractivity contribution in [1.29, 1.82) is 0 Å². The van der Waals surface area contributed by atoms with Gasteiger partial charge in [0.1, 0.15) is 18.5 Å². The number of piperidine rings is 1. The van der Waals surface area contributed by atoms with Crippen LogP contribution in [0.1, 0.15) is 51.0 Å². The van der Waals surface area contributed by atoms with Crippen LogP contribution in [0.3, 0.4) is 0 Å². The summed E-state index contributed by atoms with van der Waals surface area (Å²) in [5.74, 6) is 0.151. The van der Waals surface area contributed by atoms with Crippen molar-refractivity contribution in [2.24, 2.45) is 0 Å². The lowest BCUT2D eigenvalue weighted by molar-refractivity contribution is -0.137. The standard InChI is InChI=1S/C25H33F2N5O3/c1-15(2)28-24-25(30-23-16(3)32(22(33)14-34-4)12-9-20(23)29-24)31-10-7-18(8-11-31)35-21-6-5-17(26)13-19(21)27/h5-6,13,15-16,18H,7-12,14H2,1-4H3,(H,28,29). The lowest BCUT2D eigenvalue weighted by Gasteiger charge is -2.37. The maximum absolute atomic E-state index is 14.0. The van der Waals surface area contributed by atoms with E-state index in [0.29, 0.717) is 38.9 Å². The maximum Gasteiger partial charge on any atom is 0.249 e. The van der Waals surface area contributed by atoms with Crippen LogP contribution in [0.25, 0.3) is 0 Å². The van der Waals surface area contributed by atoms with Gasteiger partial charge in [0.2, 0.25) is 5.91 Å². The summed E-state index contributed by atoms with van der Waals surface area (Å²) in [6, 6.07) is 3.32. The van der Waals surface area contributed by atoms with Crippen molar-refractivity contribution >= 4 is 17.5 Å². The molecule has 0 bridgehead atoms. The highest BCUT2D eigenvalue weighted by Gasteiger charge is 2.33. The molecule has 1 fully saturated rings. The molecule has 1 amide bonds. The van der Waals surface area contributed by atoms with Crippen molar-refractivity contribution in [3.8, 4) is 5.75 Å². The number of benzene rings is 1. The van der Waals surface area contributed by atoms with Gasteiger partial charge in [0, 0.05) is 58.1 Å². The number of carbonyl (C=O) groups is 1. The summed E-state index contributed by atoms with van der Waals surface area (Å²) in [7, 11) is 1.51. The number of nitrogens with one attached hydrogen (secondary N) is 1. The fourth-order valence-corrected chi connectivity index (χ4v) is 4.63. The molecule has 8 nitrogen and oxygen atoms in total. The van der Waals surface area contributed by atoms with Gasteiger partial charge < -0.3 is 24.6 Å². The summed E-state index contributed by atoms with van der Waals surface area (Å²) in [5.41, 5.74) is 1.70. The molecule has 1 unspecified atom stereocenters. The lowest BCUT2D eigenvalue weighted by Crippen LogP contribution is -2.43. The number of methoxy groups -OCH3 is 1. The number of anilines is 2. The molecule has 0 radical (unpaired) electrons. The molecule has 1 aromatic heterocycles. The van der Waals surface area contributed by atoms with E-state index in [1.54, 1.807) is 4.90 Å². The number of nitrogens with zero attached hydrogens (tertiary/aromatic N) is 4. The average molecular weight is 490 g/mol. The van der Waals surface area contributed by atoms with E-state index in [1.165, 1.54) is 19.2 Å². The molecule has 190 valence electrons. The molecule has 2 aliphatic rings. The number of rotatable bonds is 7. The summed E-state index contributed by atoms with van der Waals surface area (Å²) in [4.78, 5) is 26.4. The number of hydrogen-bond donors (Lipinski definition) is 1. The third kappa shape index (κ3) is 5.63. The predicted molar refractivity (Wildman–Crippen MR) is 129 cm³/mol. The van der Waals surface area contributed by atoms with Crippen LogP contribution in [0, 0.1) is 11.6 Å². The molecular formula is C25H33F2N5O3. The minimum atomic E-state index is -0.696. The zero-order valence-corrected chi connectivity index (χ0v) is 20.7. The van der Waals surface area contributed by atoms with Crippen molar-refractivity contribution in [3.05, 3.63) is 41.2 Å². The van der Waals surface area contributed by atoms with Gasteiger partial charge in [-0.25, -0.2) is 18.7 Å². The third-order valence-electron chi connectivity index (χ3n) is 6.38. The second-order valence-electron chi connectivity index (χ2n) is 9.35. The first-order valence-electron chi connectivity index (χ1n) is 12.1. The molecule has 0 saturated carbocycles. The van der Waals surface area contributed by atoms with Crippen LogP contribution in [-0.2, 0) is 16.0 Å². The number of ether oxygens (including phenoxy) is 2. The first-order chi connectivity index (χ1) is 16.8. The molecular weight excluding hydrogens is 456 g/mol. The molecule has 1 N–H and O–H groups in total. The first kappa shape index (κ1) is 25.1. The highest BCUT2D eigenvalue weighted by molar-refractivity contribution is 5.78. The summed E-state index contributed by atoms with van der Waals surface area (Å²) in [6.07, 6.45) is 1.77. The lowest BCUT2D eigenvalue weighted by atomic mass is 10.0. The van der Waals surface area contributed by atoms with Gasteiger partial charge in [0.05, 0.1) is 17.4 Å². The number of carbonyl (C=O) groups excluding carboxylic acids is 1. The zero-order chi connectivity index (χ0) is 25.1. The Hall–Kier alpha value is -3.01. The highest BCUT2D eigenvalue weighted by Crippen LogP contribution is 2.34. The Balaban J connectivity index is 1.53. The molecule has 2 aliphatic heterocycles. The topological polar surface area (TPSA) is 79.8 Å². The van der Waals surface area contributed by atoms with Crippen molar-refractivity contribution < 1.29 is 23.0 Å². The Morgan fingerprint density at radius 1 is 1.20 bits per heavy atom. The van der Waals surface area contributed by atoms with Crippen LogP contribution >= 0.6 is 0 Å². The molecule has 10 heteroatoms. The van der Waals surface area contributed by atoms with E-state index >= 15 is 0 Å². The number of amides is 1. The van der Waals surface area contributed by atoms with Gasteiger partial charge in [0.25, 0.3) is 0 Å². The molecule has 2 aromatic rings. The average Bonchev–Trinajstić information content (AvgIpc) is 2.81. The molecule has 0 spiro atoms. The summed E-state index contributed by atoms with van der Waals surface area (Å²) in [6.45, 7) is 7.98. The quantitative estimate of drug-likeness (QED) is 0.635. The van der Waals surface area contributed by atoms with Gasteiger partial charge >= 0.3 is 0 Å². The molecule has 0 aliphatic carbocycles. The molecule has 35 heavy (non-hydrogen) atoms. The Bertz CT molecular complexity index is 1060. The number of aromatic nitrogens is 2. The van der Waals surface area contributed by atoms with Crippen molar-refractivity contribution in [1.82, 2.24) is 14.9 Å². The summed E-state index contributed by atoms with van der Waals surface area (Å²) < 4.78 is 38.1. The van der Waals surface area contributed by atoms with E-state index in [0.717, 1.165) is 29.1 Å². The fourth-order valence-electron chi connectivity index (χ4n) is 4.63. The van der Waals surface area contributed by atoms with E-state index in [2.05, 4.69) is 24.1 Å². The highest BCUT2D eigenvalue weighted by atomic mass is 19.1. The van der Waals surface area contributed by atoms with E-state index in [9.17, 15) is 13.6 Å². The van der Waals surface area contributed by atoms with Crippen molar-refractivity contribution in [3.63, 3.8) is 0 Å². The van der Waals surface area contributed by atoms with Crippen LogP contribution in [-0.4, -0.2) is 66.3 Å². The molecule has 3 heterocycles. The number of hydrogen-bond acceptors (Lipinski definition) is 7. The van der Waals surface area contributed by atoms with Crippen LogP contribution in [0.15, 0.2) is 18.2 Å². The van der Waals surface area contributed by atoms with Gasteiger partial charge in [-0.2, -0.15) is 0 Å². The molecule has 4 rings (SSSR count). The van der Waals surface area contributed by atoms with E-state index in [1.807, 2.05) is 6.92 Å². The van der Waals surface area contributed by atoms with Gasteiger partial charge in [0.15, 0.2) is 23.2 Å². The molecule has 1 aromatic carbocycles. The van der Waals surface area contributed by atoms with Gasteiger partial charge in [-0.3, -0.25) is 4.79 Å². The number of fused-ring (bicyclic) bond motifs is 1. The second-order valence-corrected chi connectivity index (χ2v) is 9.35. The zero-order valence-electron chi connectivity index (χ0n) is 20.7. The minimum absolute atomic E-state index is 0.0368. The smallest absolute Gasteiger partial charge is 0.249 e. The van der Waals surface area contributed by atoms with E-state index < -0.39 is 11.6 Å². The monoisotopic (exact) mass is 489 g/mol. The Morgan fingerprint density at radius 2 is 1.94 bits per heavy atom. The largest absolute Gasteiger partial charge is 0.487 e. The Labute approximate surface area is 204 Å². The maximum atomic E-state index is 14.0. The van der Waals surface area contributed by atoms with Crippen LogP contribution in [0.5, 0.6) is 5.75 Å². The Kier molecular flexibility index (Phi) is 7.69. The van der Waals surface area contributed by atoms with Crippen molar-refractivity contribution in [2.75, 3.05) is 43.6 Å². The normalized spacial score (nSPS) is 18.5. The minimum Gasteiger partial charge on any atom is -0.487 e. The predicted octanol–water partition coefficient (Wildman–Crippen LogP) is 3.72. The van der Waals surface area contributed by atoms with E-state index in [-0.39, 0.29) is 36.5 Å². The summed E-state index contributed by atoms with van der Waals surface area (Å²) in [5, 5.41) is 3.42. The van der Waals surface area contributed by atoms with Gasteiger partial charge in [-0.15, -0.1) is 0 Å². The van der Waals surface area contributed by atoms with Gasteiger partial charge in [-0.1, -0.05) is 0 Å². The van der Waals surface area contributed by atoms with Crippen LogP contribution in [0.2, 0.25) is 0 Å². The Morgan fingerprint density at radius 3 is 2.60 bits per heavy atom. The SMILES string of the molecule is COCC(=O)N1CCc2nc(NC(C)C)c(N3CCC(Oc4ccc(F)cc4F)CC3)nc2C1C. The van der Waals surface area contributed by atoms with Crippen LogP contribution < -0.4 is 15.0 Å². The first-order valence-corrected chi connectivity index (χ1v) is 12.1.